The first-order valence-electron chi connectivity index (χ1n) is 9.85. The van der Waals surface area contributed by atoms with Crippen LogP contribution in [0, 0.1) is 17.2 Å². The molecule has 9 heteroatoms. The standard InChI is InChI=1S/C23H19N5O2S2/c1-13(2)20(15-5-3-4-14(8-15)10-24)22(30)28-23-27-17-7-6-16(9-19(17)32-23)26-21(29)18-11-31-12-25-18/h3-9,11-13,20H,1-2H3,(H,26,29)(H,27,28,30). The average molecular weight is 462 g/mol. The molecule has 4 rings (SSSR count). The summed E-state index contributed by atoms with van der Waals surface area (Å²) in [4.78, 5) is 33.8. The highest BCUT2D eigenvalue weighted by atomic mass is 32.1. The monoisotopic (exact) mass is 461 g/mol. The van der Waals surface area contributed by atoms with E-state index in [1.807, 2.05) is 26.0 Å². The molecule has 0 saturated carbocycles. The summed E-state index contributed by atoms with van der Waals surface area (Å²) in [5, 5.41) is 17.1. The molecule has 0 aliphatic carbocycles. The van der Waals surface area contributed by atoms with E-state index in [-0.39, 0.29) is 17.7 Å². The number of nitrogens with one attached hydrogen (secondary N) is 2. The molecule has 7 nitrogen and oxygen atoms in total. The summed E-state index contributed by atoms with van der Waals surface area (Å²) in [5.74, 6) is -0.830. The maximum absolute atomic E-state index is 13.1. The number of aromatic nitrogens is 2. The summed E-state index contributed by atoms with van der Waals surface area (Å²) in [5.41, 5.74) is 4.65. The molecule has 2 heterocycles. The molecule has 0 aliphatic heterocycles. The van der Waals surface area contributed by atoms with Crippen LogP contribution in [0.4, 0.5) is 10.8 Å². The van der Waals surface area contributed by atoms with E-state index in [9.17, 15) is 14.9 Å². The molecule has 0 aliphatic rings. The summed E-state index contributed by atoms with van der Waals surface area (Å²) >= 11 is 2.69. The zero-order valence-electron chi connectivity index (χ0n) is 17.3. The van der Waals surface area contributed by atoms with Crippen molar-refractivity contribution in [2.75, 3.05) is 10.6 Å². The van der Waals surface area contributed by atoms with Gasteiger partial charge >= 0.3 is 0 Å². The van der Waals surface area contributed by atoms with Crippen LogP contribution in [0.2, 0.25) is 0 Å². The molecule has 1 unspecified atom stereocenters. The predicted octanol–water partition coefficient (Wildman–Crippen LogP) is 5.26. The van der Waals surface area contributed by atoms with Gasteiger partial charge in [-0.25, -0.2) is 9.97 Å². The highest BCUT2D eigenvalue weighted by molar-refractivity contribution is 7.22. The molecule has 1 atom stereocenters. The lowest BCUT2D eigenvalue weighted by molar-refractivity contribution is -0.118. The Labute approximate surface area is 192 Å². The zero-order valence-corrected chi connectivity index (χ0v) is 19.0. The average Bonchev–Trinajstić information content (AvgIpc) is 3.43. The van der Waals surface area contributed by atoms with E-state index in [4.69, 9.17) is 0 Å². The smallest absolute Gasteiger partial charge is 0.275 e. The molecule has 2 N–H and O–H groups in total. The number of hydrogen-bond donors (Lipinski definition) is 2. The van der Waals surface area contributed by atoms with Crippen molar-refractivity contribution in [3.05, 3.63) is 70.2 Å². The largest absolute Gasteiger partial charge is 0.321 e. The van der Waals surface area contributed by atoms with Crippen molar-refractivity contribution in [2.24, 2.45) is 5.92 Å². The molecule has 2 aromatic heterocycles. The first kappa shape index (κ1) is 21.6. The molecule has 0 fully saturated rings. The van der Waals surface area contributed by atoms with Crippen molar-refractivity contribution in [1.29, 1.82) is 5.26 Å². The Kier molecular flexibility index (Phi) is 6.25. The van der Waals surface area contributed by atoms with Crippen LogP contribution in [0.3, 0.4) is 0 Å². The minimum atomic E-state index is -0.414. The van der Waals surface area contributed by atoms with E-state index in [1.54, 1.807) is 41.2 Å². The van der Waals surface area contributed by atoms with Gasteiger partial charge in [-0.3, -0.25) is 9.59 Å². The number of hydrogen-bond acceptors (Lipinski definition) is 7. The van der Waals surface area contributed by atoms with Gasteiger partial charge in [-0.1, -0.05) is 37.3 Å². The van der Waals surface area contributed by atoms with E-state index in [1.165, 1.54) is 22.7 Å². The maximum atomic E-state index is 13.1. The predicted molar refractivity (Wildman–Crippen MR) is 127 cm³/mol. The first-order valence-corrected chi connectivity index (χ1v) is 11.6. The Hall–Kier alpha value is -3.61. The second-order valence-corrected chi connectivity index (χ2v) is 9.23. The highest BCUT2D eigenvalue weighted by Crippen LogP contribution is 2.31. The van der Waals surface area contributed by atoms with Gasteiger partial charge in [0.05, 0.1) is 33.3 Å². The molecule has 160 valence electrons. The van der Waals surface area contributed by atoms with Crippen molar-refractivity contribution in [3.63, 3.8) is 0 Å². The maximum Gasteiger partial charge on any atom is 0.275 e. The lowest BCUT2D eigenvalue weighted by Gasteiger charge is -2.20. The molecular weight excluding hydrogens is 442 g/mol. The summed E-state index contributed by atoms with van der Waals surface area (Å²) in [6.07, 6.45) is 0. The quantitative estimate of drug-likeness (QED) is 0.407. The number of anilines is 2. The molecule has 0 saturated heterocycles. The molecule has 0 bridgehead atoms. The molecule has 2 aromatic carbocycles. The summed E-state index contributed by atoms with van der Waals surface area (Å²) in [6.45, 7) is 3.94. The van der Waals surface area contributed by atoms with E-state index in [2.05, 4.69) is 26.7 Å². The Morgan fingerprint density at radius 2 is 1.97 bits per heavy atom. The van der Waals surface area contributed by atoms with Crippen LogP contribution < -0.4 is 10.6 Å². The Morgan fingerprint density at radius 3 is 2.69 bits per heavy atom. The van der Waals surface area contributed by atoms with Crippen LogP contribution in [-0.2, 0) is 4.79 Å². The van der Waals surface area contributed by atoms with Gasteiger partial charge in [0.25, 0.3) is 5.91 Å². The Morgan fingerprint density at radius 1 is 1.12 bits per heavy atom. The van der Waals surface area contributed by atoms with Crippen LogP contribution in [0.5, 0.6) is 0 Å². The SMILES string of the molecule is CC(C)C(C(=O)Nc1nc2ccc(NC(=O)c3cscn3)cc2s1)c1cccc(C#N)c1. The van der Waals surface area contributed by atoms with Crippen molar-refractivity contribution in [1.82, 2.24) is 9.97 Å². The van der Waals surface area contributed by atoms with E-state index in [0.29, 0.717) is 22.1 Å². The zero-order chi connectivity index (χ0) is 22.7. The molecule has 0 spiro atoms. The topological polar surface area (TPSA) is 108 Å². The molecule has 0 radical (unpaired) electrons. The van der Waals surface area contributed by atoms with Gasteiger partial charge in [0.15, 0.2) is 5.13 Å². The number of fused-ring (bicyclic) bond motifs is 1. The van der Waals surface area contributed by atoms with Crippen molar-refractivity contribution < 1.29 is 9.59 Å². The summed E-state index contributed by atoms with van der Waals surface area (Å²) in [7, 11) is 0. The fourth-order valence-corrected chi connectivity index (χ4v) is 4.84. The van der Waals surface area contributed by atoms with E-state index in [0.717, 1.165) is 15.8 Å². The minimum absolute atomic E-state index is 0.0332. The van der Waals surface area contributed by atoms with Gasteiger partial charge in [0.1, 0.15) is 5.69 Å². The fourth-order valence-electron chi connectivity index (χ4n) is 3.40. The second kappa shape index (κ2) is 9.26. The first-order chi connectivity index (χ1) is 15.4. The second-order valence-electron chi connectivity index (χ2n) is 7.48. The Balaban J connectivity index is 1.53. The third kappa shape index (κ3) is 4.66. The lowest BCUT2D eigenvalue weighted by atomic mass is 9.87. The minimum Gasteiger partial charge on any atom is -0.321 e. The van der Waals surface area contributed by atoms with Gasteiger partial charge in [-0.2, -0.15) is 5.26 Å². The number of thiazole rings is 2. The van der Waals surface area contributed by atoms with Gasteiger partial charge < -0.3 is 10.6 Å². The van der Waals surface area contributed by atoms with Crippen molar-refractivity contribution >= 4 is 55.5 Å². The number of benzene rings is 2. The van der Waals surface area contributed by atoms with Gasteiger partial charge in [-0.05, 0) is 41.8 Å². The molecule has 2 amide bonds. The van der Waals surface area contributed by atoms with E-state index >= 15 is 0 Å². The molecular formula is C23H19N5O2S2. The number of carbonyl (C=O) groups is 2. The lowest BCUT2D eigenvalue weighted by Crippen LogP contribution is -2.25. The fraction of sp³-hybridized carbons (Fsp3) is 0.174. The molecule has 4 aromatic rings. The van der Waals surface area contributed by atoms with Crippen LogP contribution in [0.1, 0.15) is 41.4 Å². The normalized spacial score (nSPS) is 11.8. The van der Waals surface area contributed by atoms with Gasteiger partial charge in [-0.15, -0.1) is 11.3 Å². The van der Waals surface area contributed by atoms with Crippen LogP contribution in [0.15, 0.2) is 53.4 Å². The van der Waals surface area contributed by atoms with E-state index < -0.39 is 5.92 Å². The summed E-state index contributed by atoms with van der Waals surface area (Å²) in [6, 6.07) is 14.6. The van der Waals surface area contributed by atoms with Crippen LogP contribution in [0.25, 0.3) is 10.2 Å². The van der Waals surface area contributed by atoms with Crippen molar-refractivity contribution in [2.45, 2.75) is 19.8 Å². The van der Waals surface area contributed by atoms with Gasteiger partial charge in [0, 0.05) is 11.1 Å². The van der Waals surface area contributed by atoms with Crippen LogP contribution in [-0.4, -0.2) is 21.8 Å². The highest BCUT2D eigenvalue weighted by Gasteiger charge is 2.25. The number of amides is 2. The number of rotatable bonds is 6. The Bertz CT molecular complexity index is 1320. The third-order valence-electron chi connectivity index (χ3n) is 4.87. The number of nitrogens with zero attached hydrogens (tertiary/aromatic N) is 3. The third-order valence-corrected chi connectivity index (χ3v) is 6.39. The van der Waals surface area contributed by atoms with Crippen LogP contribution >= 0.6 is 22.7 Å². The summed E-state index contributed by atoms with van der Waals surface area (Å²) < 4.78 is 0.837. The van der Waals surface area contributed by atoms with Gasteiger partial charge in [0.2, 0.25) is 5.91 Å². The van der Waals surface area contributed by atoms with Crippen molar-refractivity contribution in [3.8, 4) is 6.07 Å². The molecule has 32 heavy (non-hydrogen) atoms. The number of carbonyl (C=O) groups excluding carboxylic acids is 2. The number of nitriles is 1.